The van der Waals surface area contributed by atoms with Gasteiger partial charge in [-0.15, -0.1) is 0 Å². The second-order valence-corrected chi connectivity index (χ2v) is 11.9. The molecular formula is C30H33N5O3S. The predicted molar refractivity (Wildman–Crippen MR) is 156 cm³/mol. The molecule has 1 saturated heterocycles. The van der Waals surface area contributed by atoms with Gasteiger partial charge >= 0.3 is 0 Å². The van der Waals surface area contributed by atoms with Gasteiger partial charge < -0.3 is 15.5 Å². The van der Waals surface area contributed by atoms with Gasteiger partial charge in [0.2, 0.25) is 15.9 Å². The van der Waals surface area contributed by atoms with Gasteiger partial charge in [-0.1, -0.05) is 66.7 Å². The van der Waals surface area contributed by atoms with E-state index in [0.29, 0.717) is 13.1 Å². The maximum Gasteiger partial charge on any atom is 0.244 e. The van der Waals surface area contributed by atoms with E-state index >= 15 is 0 Å². The molecule has 39 heavy (non-hydrogen) atoms. The number of carbonyl (C=O) groups is 1. The molecule has 0 spiro atoms. The van der Waals surface area contributed by atoms with E-state index in [4.69, 9.17) is 11.1 Å². The normalized spacial score (nSPS) is 16.7. The van der Waals surface area contributed by atoms with Crippen LogP contribution in [0.2, 0.25) is 0 Å². The fourth-order valence-electron chi connectivity index (χ4n) is 5.36. The summed E-state index contributed by atoms with van der Waals surface area (Å²) in [5, 5.41) is 11.5. The minimum absolute atomic E-state index is 0.0271. The van der Waals surface area contributed by atoms with Gasteiger partial charge in [0.05, 0.1) is 16.6 Å². The molecule has 1 aliphatic heterocycles. The van der Waals surface area contributed by atoms with E-state index in [1.807, 2.05) is 71.6 Å². The fourth-order valence-corrected chi connectivity index (χ4v) is 6.59. The number of piperidine rings is 1. The molecule has 2 atom stereocenters. The average Bonchev–Trinajstić information content (AvgIpc) is 2.95. The number of carbonyl (C=O) groups excluding carboxylic acids is 1. The summed E-state index contributed by atoms with van der Waals surface area (Å²) in [6, 6.07) is 25.1. The average molecular weight is 544 g/mol. The number of fused-ring (bicyclic) bond motifs is 2. The monoisotopic (exact) mass is 543 g/mol. The van der Waals surface area contributed by atoms with Crippen molar-refractivity contribution in [2.24, 2.45) is 11.7 Å². The lowest BCUT2D eigenvalue weighted by Gasteiger charge is -2.37. The van der Waals surface area contributed by atoms with Crippen molar-refractivity contribution < 1.29 is 13.2 Å². The number of likely N-dealkylation sites (tertiary alicyclic amines) is 1. The number of nitrogens with one attached hydrogen (secondary N) is 2. The van der Waals surface area contributed by atoms with Gasteiger partial charge in [0.15, 0.2) is 5.96 Å². The van der Waals surface area contributed by atoms with Gasteiger partial charge in [-0.3, -0.25) is 10.2 Å². The summed E-state index contributed by atoms with van der Waals surface area (Å²) in [6.45, 7) is 3.26. The smallest absolute Gasteiger partial charge is 0.244 e. The summed E-state index contributed by atoms with van der Waals surface area (Å²) in [6.07, 6.45) is 1.75. The Kier molecular flexibility index (Phi) is 7.54. The number of guanidine groups is 1. The van der Waals surface area contributed by atoms with Crippen molar-refractivity contribution in [3.63, 3.8) is 0 Å². The molecule has 1 aliphatic rings. The Labute approximate surface area is 229 Å². The highest BCUT2D eigenvalue weighted by Crippen LogP contribution is 2.30. The molecule has 8 nitrogen and oxygen atoms in total. The molecule has 0 saturated carbocycles. The van der Waals surface area contributed by atoms with Crippen LogP contribution >= 0.6 is 0 Å². The number of hydrogen-bond donors (Lipinski definition) is 3. The highest BCUT2D eigenvalue weighted by atomic mass is 32.2. The van der Waals surface area contributed by atoms with E-state index in [-0.39, 0.29) is 22.7 Å². The van der Waals surface area contributed by atoms with Crippen molar-refractivity contribution in [1.29, 1.82) is 5.41 Å². The number of nitrogens with two attached hydrogens (primary N) is 1. The molecule has 1 unspecified atom stereocenters. The van der Waals surface area contributed by atoms with Crippen LogP contribution in [0.15, 0.2) is 89.8 Å². The summed E-state index contributed by atoms with van der Waals surface area (Å²) in [5.74, 6) is -0.232. The lowest BCUT2D eigenvalue weighted by atomic mass is 9.96. The minimum Gasteiger partial charge on any atom is -0.370 e. The standard InChI is InChI=1S/C30H33N5O3S/c1-21(33-39(37,38)26-16-15-23-9-2-3-11-25(23)18-26)29(36)35(20-22-8-7-17-34(19-22)30(31)32)28-14-6-12-24-10-4-5-13-27(24)28/h2-6,9-16,18,21-22,33H,7-8,17,19-20H2,1H3,(H3,31,32)/t21-,22?/m1/s1. The summed E-state index contributed by atoms with van der Waals surface area (Å²) in [7, 11) is -3.96. The first-order valence-corrected chi connectivity index (χ1v) is 14.6. The second kappa shape index (κ2) is 11.0. The molecule has 1 fully saturated rings. The third-order valence-corrected chi connectivity index (χ3v) is 8.90. The molecule has 4 N–H and O–H groups in total. The van der Waals surface area contributed by atoms with Crippen molar-refractivity contribution in [1.82, 2.24) is 9.62 Å². The van der Waals surface area contributed by atoms with Crippen LogP contribution in [0.4, 0.5) is 5.69 Å². The predicted octanol–water partition coefficient (Wildman–Crippen LogP) is 4.30. The molecule has 4 aromatic carbocycles. The van der Waals surface area contributed by atoms with Gasteiger partial charge in [0.25, 0.3) is 0 Å². The zero-order valence-electron chi connectivity index (χ0n) is 21.9. The summed E-state index contributed by atoms with van der Waals surface area (Å²) >= 11 is 0. The van der Waals surface area contributed by atoms with Gasteiger partial charge in [-0.2, -0.15) is 4.72 Å². The Morgan fingerprint density at radius 2 is 1.72 bits per heavy atom. The first-order chi connectivity index (χ1) is 18.7. The number of benzene rings is 4. The zero-order valence-corrected chi connectivity index (χ0v) is 22.7. The summed E-state index contributed by atoms with van der Waals surface area (Å²) in [5.41, 5.74) is 6.50. The maximum absolute atomic E-state index is 14.0. The van der Waals surface area contributed by atoms with Crippen molar-refractivity contribution in [3.8, 4) is 0 Å². The number of amides is 1. The van der Waals surface area contributed by atoms with E-state index in [1.54, 1.807) is 30.0 Å². The van der Waals surface area contributed by atoms with E-state index in [2.05, 4.69) is 4.72 Å². The Morgan fingerprint density at radius 1 is 1.03 bits per heavy atom. The van der Waals surface area contributed by atoms with Gasteiger partial charge in [0, 0.05) is 25.0 Å². The van der Waals surface area contributed by atoms with Crippen LogP contribution in [0.1, 0.15) is 19.8 Å². The molecule has 1 heterocycles. The lowest BCUT2D eigenvalue weighted by Crippen LogP contribution is -2.51. The van der Waals surface area contributed by atoms with Gasteiger partial charge in [-0.05, 0) is 60.0 Å². The molecule has 9 heteroatoms. The van der Waals surface area contributed by atoms with Crippen molar-refractivity contribution in [2.45, 2.75) is 30.7 Å². The largest absolute Gasteiger partial charge is 0.370 e. The van der Waals surface area contributed by atoms with Crippen LogP contribution in [-0.2, 0) is 14.8 Å². The first kappa shape index (κ1) is 26.6. The molecule has 0 radical (unpaired) electrons. The van der Waals surface area contributed by atoms with Crippen molar-refractivity contribution in [2.75, 3.05) is 24.5 Å². The Bertz CT molecular complexity index is 1630. The Morgan fingerprint density at radius 3 is 2.49 bits per heavy atom. The molecule has 4 aromatic rings. The number of rotatable bonds is 7. The lowest BCUT2D eigenvalue weighted by molar-refractivity contribution is -0.120. The second-order valence-electron chi connectivity index (χ2n) is 10.1. The number of nitrogens with zero attached hydrogens (tertiary/aromatic N) is 2. The van der Waals surface area contributed by atoms with Crippen LogP contribution in [0.3, 0.4) is 0 Å². The molecule has 0 aliphatic carbocycles. The molecular weight excluding hydrogens is 510 g/mol. The third kappa shape index (κ3) is 5.74. The van der Waals surface area contributed by atoms with Crippen LogP contribution in [-0.4, -0.2) is 50.9 Å². The minimum atomic E-state index is -3.96. The Balaban J connectivity index is 1.45. The summed E-state index contributed by atoms with van der Waals surface area (Å²) in [4.78, 5) is 17.7. The first-order valence-electron chi connectivity index (χ1n) is 13.1. The topological polar surface area (TPSA) is 120 Å². The van der Waals surface area contributed by atoms with Crippen LogP contribution in [0.25, 0.3) is 21.5 Å². The SMILES string of the molecule is C[C@@H](NS(=O)(=O)c1ccc2ccccc2c1)C(=O)N(CC1CCCN(C(=N)N)C1)c1cccc2ccccc12. The van der Waals surface area contributed by atoms with E-state index < -0.39 is 16.1 Å². The van der Waals surface area contributed by atoms with E-state index in [1.165, 1.54) is 0 Å². The summed E-state index contributed by atoms with van der Waals surface area (Å²) < 4.78 is 29.3. The van der Waals surface area contributed by atoms with E-state index in [9.17, 15) is 13.2 Å². The third-order valence-electron chi connectivity index (χ3n) is 7.36. The number of hydrogen-bond acceptors (Lipinski definition) is 4. The quantitative estimate of drug-likeness (QED) is 0.237. The van der Waals surface area contributed by atoms with E-state index in [0.717, 1.165) is 46.6 Å². The molecule has 0 aromatic heterocycles. The zero-order chi connectivity index (χ0) is 27.6. The Hall–Kier alpha value is -3.95. The highest BCUT2D eigenvalue weighted by molar-refractivity contribution is 7.89. The van der Waals surface area contributed by atoms with Crippen LogP contribution in [0, 0.1) is 11.3 Å². The molecule has 1 amide bonds. The highest BCUT2D eigenvalue weighted by Gasteiger charge is 2.31. The molecule has 202 valence electrons. The van der Waals surface area contributed by atoms with Gasteiger partial charge in [-0.25, -0.2) is 8.42 Å². The van der Waals surface area contributed by atoms with Crippen LogP contribution < -0.4 is 15.4 Å². The fraction of sp³-hybridized carbons (Fsp3) is 0.267. The van der Waals surface area contributed by atoms with Gasteiger partial charge in [0.1, 0.15) is 0 Å². The molecule has 0 bridgehead atoms. The maximum atomic E-state index is 14.0. The molecule has 5 rings (SSSR count). The van der Waals surface area contributed by atoms with Crippen molar-refractivity contribution in [3.05, 3.63) is 84.9 Å². The van der Waals surface area contributed by atoms with Crippen LogP contribution in [0.5, 0.6) is 0 Å². The number of anilines is 1. The number of sulfonamides is 1. The van der Waals surface area contributed by atoms with Crippen molar-refractivity contribution >= 4 is 49.1 Å².